The molecule has 2 rings (SSSR count). The lowest BCUT2D eigenvalue weighted by Crippen LogP contribution is -2.25. The maximum atomic E-state index is 10.3. The molecule has 0 saturated heterocycles. The molecule has 2 aromatic rings. The topological polar surface area (TPSA) is 107 Å². The van der Waals surface area contributed by atoms with Crippen LogP contribution in [0.1, 0.15) is 0 Å². The summed E-state index contributed by atoms with van der Waals surface area (Å²) in [6.07, 6.45) is -0.790. The Hall–Kier alpha value is -1.48. The van der Waals surface area contributed by atoms with Crippen LogP contribution in [0, 0.1) is 0 Å². The summed E-state index contributed by atoms with van der Waals surface area (Å²) < 4.78 is 42.2. The highest BCUT2D eigenvalue weighted by atomic mass is 31.2. The summed E-state index contributed by atoms with van der Waals surface area (Å²) in [5.41, 5.74) is 0. The summed E-state index contributed by atoms with van der Waals surface area (Å²) >= 11 is 0. The molecular weight excluding hydrogens is 560 g/mol. The van der Waals surface area contributed by atoms with E-state index >= 15 is 0 Å². The lowest BCUT2D eigenvalue weighted by molar-refractivity contribution is 0.0626. The molecule has 0 fully saturated rings. The number of hydrogen-bond donors (Lipinski definition) is 1. The van der Waals surface area contributed by atoms with Crippen LogP contribution in [-0.2, 0) is 0 Å². The molecule has 2 aromatic carbocycles. The lowest BCUT2D eigenvalue weighted by Gasteiger charge is -2.20. The van der Waals surface area contributed by atoms with Gasteiger partial charge in [-0.15, -0.1) is 0 Å². The van der Waals surface area contributed by atoms with Gasteiger partial charge in [-0.25, -0.2) is 9.03 Å². The summed E-state index contributed by atoms with van der Waals surface area (Å²) in [4.78, 5) is 0. The Morgan fingerprint density at radius 1 is 0.579 bits per heavy atom. The fourth-order valence-electron chi connectivity index (χ4n) is 3.31. The van der Waals surface area contributed by atoms with Gasteiger partial charge in [0.25, 0.3) is 0 Å². The smallest absolute Gasteiger partial charge is 0.133 e. The molecule has 214 valence electrons. The van der Waals surface area contributed by atoms with E-state index < -0.39 is 35.1 Å². The Balaban J connectivity index is 1.85. The quantitative estimate of drug-likeness (QED) is 0.247. The van der Waals surface area contributed by atoms with Crippen molar-refractivity contribution >= 4 is 29.0 Å². The molecule has 0 aliphatic rings. The summed E-state index contributed by atoms with van der Waals surface area (Å²) in [6, 6.07) is 14.7. The van der Waals surface area contributed by atoms with E-state index in [0.29, 0.717) is 11.5 Å². The fraction of sp³-hybridized carbons (Fsp3) is 0.520. The zero-order chi connectivity index (χ0) is 28.6. The molecule has 1 N–H and O–H groups in total. The summed E-state index contributed by atoms with van der Waals surface area (Å²) in [6.45, 7) is 16.6. The Kier molecular flexibility index (Phi) is 11.8. The van der Waals surface area contributed by atoms with E-state index in [9.17, 15) is 5.11 Å². The molecule has 0 radical (unpaired) electrons. The zero-order valence-corrected chi connectivity index (χ0v) is 27.8. The molecule has 13 heteroatoms. The van der Waals surface area contributed by atoms with Gasteiger partial charge in [0.1, 0.15) is 56.9 Å². The van der Waals surface area contributed by atoms with Crippen molar-refractivity contribution in [2.75, 3.05) is 80.6 Å². The minimum absolute atomic E-state index is 0.105. The molecule has 0 amide bonds. The van der Waals surface area contributed by atoms with Crippen LogP contribution in [0.15, 0.2) is 67.1 Å². The number of ether oxygens (including phenoxy) is 2. The van der Waals surface area contributed by atoms with Crippen LogP contribution in [0.4, 0.5) is 0 Å². The van der Waals surface area contributed by atoms with E-state index in [4.69, 9.17) is 27.6 Å². The van der Waals surface area contributed by atoms with Gasteiger partial charge in [0.05, 0.1) is 14.4 Å². The van der Waals surface area contributed by atoms with Gasteiger partial charge in [0, 0.05) is 40.8 Å². The summed E-state index contributed by atoms with van der Waals surface area (Å²) in [5.74, 6) is 2.74. The second-order valence-electron chi connectivity index (χ2n) is 10.2. The predicted molar refractivity (Wildman–Crippen MR) is 168 cm³/mol. The molecule has 0 spiro atoms. The molecule has 0 aromatic heterocycles. The lowest BCUT2D eigenvalue weighted by atomic mass is 10.3. The first-order valence-corrected chi connectivity index (χ1v) is 22.4. The Morgan fingerprint density at radius 3 is 1.16 bits per heavy atom. The summed E-state index contributed by atoms with van der Waals surface area (Å²) in [5, 5.41) is 10.3. The Morgan fingerprint density at radius 2 is 0.868 bits per heavy atom. The maximum absolute atomic E-state index is 10.3. The number of nitrogens with zero attached hydrogens (tertiary/aromatic N) is 4. The van der Waals surface area contributed by atoms with Crippen LogP contribution in [0.3, 0.4) is 0 Å². The highest BCUT2D eigenvalue weighted by Crippen LogP contribution is 2.57. The van der Waals surface area contributed by atoms with Crippen molar-refractivity contribution < 1.29 is 23.6 Å². The van der Waals surface area contributed by atoms with Gasteiger partial charge in [0.2, 0.25) is 0 Å². The third kappa shape index (κ3) is 12.1. The largest absolute Gasteiger partial charge is 0.491 e. The molecule has 9 nitrogen and oxygen atoms in total. The van der Waals surface area contributed by atoms with Crippen LogP contribution in [0.5, 0.6) is 23.0 Å². The molecule has 0 atom stereocenters. The monoisotopic (exact) mass is 604 g/mol. The van der Waals surface area contributed by atoms with Crippen LogP contribution in [-0.4, -0.2) is 91.8 Å². The predicted octanol–water partition coefficient (Wildman–Crippen LogP) is 8.03. The molecule has 0 heterocycles. The van der Waals surface area contributed by atoms with Crippen LogP contribution < -0.4 is 18.5 Å². The molecule has 0 aliphatic carbocycles. The SMILES string of the molecule is CN=P(C)(C)N=P(C)(C)Oc1ccc(OCC(O)COc2ccc(OP(C)(C)=NP(C)(C)=NC)cc2)cc1. The average molecular weight is 605 g/mol. The van der Waals surface area contributed by atoms with Crippen molar-refractivity contribution in [3.8, 4) is 23.0 Å². The van der Waals surface area contributed by atoms with Gasteiger partial charge in [-0.3, -0.25) is 9.49 Å². The van der Waals surface area contributed by atoms with E-state index in [1.807, 2.05) is 75.2 Å². The number of aliphatic hydroxyl groups excluding tert-OH is 1. The fourth-order valence-corrected chi connectivity index (χ4v) is 14.0. The molecule has 0 bridgehead atoms. The van der Waals surface area contributed by atoms with Gasteiger partial charge in [-0.2, -0.15) is 0 Å². The standard InChI is InChI=1S/C25H44N4O5P4/c1-26-35(3,4)28-37(7,8)33-24-15-11-22(12-16-24)31-19-21(30)20-32-23-13-17-25(18-14-23)34-38(9,10)29-36(5,6)27-2/h11-18,21,30H,19-20H2,1-10H3. The van der Waals surface area contributed by atoms with Crippen LogP contribution in [0.25, 0.3) is 0 Å². The minimum Gasteiger partial charge on any atom is -0.491 e. The first-order valence-electron chi connectivity index (χ1n) is 12.1. The third-order valence-corrected chi connectivity index (χ3v) is 15.3. The van der Waals surface area contributed by atoms with Gasteiger partial charge >= 0.3 is 0 Å². The minimum atomic E-state index is -1.94. The molecular formula is C25H44N4O5P4. The van der Waals surface area contributed by atoms with Gasteiger partial charge in [-0.1, -0.05) is 0 Å². The highest BCUT2D eigenvalue weighted by Gasteiger charge is 2.14. The van der Waals surface area contributed by atoms with Crippen LogP contribution >= 0.6 is 29.0 Å². The molecule has 0 aliphatic heterocycles. The third-order valence-electron chi connectivity index (χ3n) is 5.04. The highest BCUT2D eigenvalue weighted by molar-refractivity contribution is 7.74. The van der Waals surface area contributed by atoms with Gasteiger partial charge in [-0.05, 0) is 75.2 Å². The number of benzene rings is 2. The molecule has 0 unspecified atom stereocenters. The van der Waals surface area contributed by atoms with E-state index in [2.05, 4.69) is 36.1 Å². The first kappa shape index (κ1) is 32.7. The second kappa shape index (κ2) is 13.7. The Labute approximate surface area is 229 Å². The number of rotatable bonds is 12. The van der Waals surface area contributed by atoms with Crippen molar-refractivity contribution in [3.05, 3.63) is 48.5 Å². The van der Waals surface area contributed by atoms with Crippen molar-refractivity contribution in [1.82, 2.24) is 0 Å². The van der Waals surface area contributed by atoms with Crippen molar-refractivity contribution in [1.29, 1.82) is 0 Å². The van der Waals surface area contributed by atoms with Gasteiger partial charge < -0.3 is 23.6 Å². The molecule has 38 heavy (non-hydrogen) atoms. The van der Waals surface area contributed by atoms with E-state index in [0.717, 1.165) is 11.5 Å². The maximum Gasteiger partial charge on any atom is 0.133 e. The summed E-state index contributed by atoms with van der Waals surface area (Å²) in [7, 11) is -3.59. The van der Waals surface area contributed by atoms with Crippen molar-refractivity contribution in [2.24, 2.45) is 18.5 Å². The normalized spacial score (nSPS) is 12.5. The van der Waals surface area contributed by atoms with Gasteiger partial charge in [0.15, 0.2) is 0 Å². The van der Waals surface area contributed by atoms with Crippen LogP contribution in [0.2, 0.25) is 0 Å². The molecule has 0 saturated carbocycles. The number of hydrogen-bond acceptors (Lipinski definition) is 7. The Bertz CT molecular complexity index is 1170. The van der Waals surface area contributed by atoms with Crippen molar-refractivity contribution in [2.45, 2.75) is 6.10 Å². The average Bonchev–Trinajstić information content (AvgIpc) is 2.81. The first-order chi connectivity index (χ1) is 17.5. The second-order valence-corrected chi connectivity index (χ2v) is 23.4. The van der Waals surface area contributed by atoms with E-state index in [1.54, 1.807) is 14.1 Å². The zero-order valence-electron chi connectivity index (χ0n) is 24.3. The number of aliphatic hydroxyl groups is 1. The van der Waals surface area contributed by atoms with E-state index in [1.165, 1.54) is 0 Å². The van der Waals surface area contributed by atoms with E-state index in [-0.39, 0.29) is 13.2 Å². The van der Waals surface area contributed by atoms with Crippen molar-refractivity contribution in [3.63, 3.8) is 0 Å².